The van der Waals surface area contributed by atoms with Gasteiger partial charge in [0.25, 0.3) is 0 Å². The highest BCUT2D eigenvalue weighted by molar-refractivity contribution is 9.25. The van der Waals surface area contributed by atoms with E-state index in [1.54, 1.807) is 6.92 Å². The highest BCUT2D eigenvalue weighted by Crippen LogP contribution is 2.28. The van der Waals surface area contributed by atoms with Crippen molar-refractivity contribution in [3.63, 3.8) is 0 Å². The van der Waals surface area contributed by atoms with Crippen LogP contribution in [-0.2, 0) is 9.53 Å². The molecule has 0 aromatic carbocycles. The number of hydrogen-bond donors (Lipinski definition) is 0. The van der Waals surface area contributed by atoms with Crippen molar-refractivity contribution in [2.45, 2.75) is 10.4 Å². The molecular formula is C4H5Br2FO2. The van der Waals surface area contributed by atoms with Crippen LogP contribution in [0.3, 0.4) is 0 Å². The summed E-state index contributed by atoms with van der Waals surface area (Å²) in [5.41, 5.74) is 0. The van der Waals surface area contributed by atoms with Gasteiger partial charge in [-0.1, -0.05) is 0 Å². The largest absolute Gasteiger partial charge is 0.462 e. The summed E-state index contributed by atoms with van der Waals surface area (Å²) in [6.07, 6.45) is 0. The first-order chi connectivity index (χ1) is 3.98. The molecule has 0 aromatic rings. The van der Waals surface area contributed by atoms with E-state index in [1.165, 1.54) is 0 Å². The molecule has 0 N–H and O–H groups in total. The average molecular weight is 264 g/mol. The van der Waals surface area contributed by atoms with E-state index in [-0.39, 0.29) is 6.61 Å². The van der Waals surface area contributed by atoms with Crippen LogP contribution in [0.5, 0.6) is 0 Å². The number of esters is 1. The molecule has 0 radical (unpaired) electrons. The molecule has 0 unspecified atom stereocenters. The molecule has 0 saturated carbocycles. The normalized spacial score (nSPS) is 11.1. The monoisotopic (exact) mass is 262 g/mol. The van der Waals surface area contributed by atoms with E-state index in [9.17, 15) is 9.18 Å². The highest BCUT2D eigenvalue weighted by Gasteiger charge is 2.33. The molecule has 9 heavy (non-hydrogen) atoms. The van der Waals surface area contributed by atoms with Gasteiger partial charge in [-0.3, -0.25) is 0 Å². The molecule has 0 bridgehead atoms. The van der Waals surface area contributed by atoms with E-state index in [0.29, 0.717) is 0 Å². The summed E-state index contributed by atoms with van der Waals surface area (Å²) < 4.78 is 14.4. The van der Waals surface area contributed by atoms with Crippen molar-refractivity contribution in [1.29, 1.82) is 0 Å². The van der Waals surface area contributed by atoms with Crippen LogP contribution < -0.4 is 0 Å². The predicted molar refractivity (Wildman–Crippen MR) is 38.3 cm³/mol. The fraction of sp³-hybridized carbons (Fsp3) is 0.750. The molecule has 0 heterocycles. The summed E-state index contributed by atoms with van der Waals surface area (Å²) in [5.74, 6) is -0.968. The molecule has 0 amide bonds. The maximum absolute atomic E-state index is 12.3. The minimum Gasteiger partial charge on any atom is -0.462 e. The third-order valence-corrected chi connectivity index (χ3v) is 1.15. The van der Waals surface area contributed by atoms with Crippen molar-refractivity contribution >= 4 is 37.8 Å². The summed E-state index contributed by atoms with van der Waals surface area (Å²) in [7, 11) is 0. The number of rotatable bonds is 2. The van der Waals surface area contributed by atoms with Crippen molar-refractivity contribution in [1.82, 2.24) is 0 Å². The molecule has 0 rings (SSSR count). The van der Waals surface area contributed by atoms with E-state index in [4.69, 9.17) is 0 Å². The zero-order valence-corrected chi connectivity index (χ0v) is 7.83. The lowest BCUT2D eigenvalue weighted by molar-refractivity contribution is -0.146. The number of alkyl halides is 3. The van der Waals surface area contributed by atoms with Crippen molar-refractivity contribution in [3.8, 4) is 0 Å². The Bertz CT molecular complexity index is 110. The first-order valence-corrected chi connectivity index (χ1v) is 3.81. The molecule has 0 aliphatic rings. The lowest BCUT2D eigenvalue weighted by Gasteiger charge is -2.06. The molecule has 0 fully saturated rings. The number of hydrogen-bond acceptors (Lipinski definition) is 2. The summed E-state index contributed by atoms with van der Waals surface area (Å²) in [4.78, 5) is 10.4. The molecule has 0 aliphatic carbocycles. The fourth-order valence-electron chi connectivity index (χ4n) is 0.213. The average Bonchev–Trinajstić information content (AvgIpc) is 1.64. The van der Waals surface area contributed by atoms with Gasteiger partial charge in [-0.05, 0) is 38.8 Å². The standard InChI is InChI=1S/C4H5Br2FO2/c1-2-9-3(8)4(5,6)7/h2H2,1H3. The first kappa shape index (κ1) is 9.36. The van der Waals surface area contributed by atoms with Crippen LogP contribution in [0.2, 0.25) is 0 Å². The van der Waals surface area contributed by atoms with Crippen LogP contribution in [0.4, 0.5) is 4.39 Å². The molecule has 0 atom stereocenters. The van der Waals surface area contributed by atoms with E-state index >= 15 is 0 Å². The van der Waals surface area contributed by atoms with Crippen LogP contribution in [0.1, 0.15) is 6.92 Å². The summed E-state index contributed by atoms with van der Waals surface area (Å²) in [6.45, 7) is 1.77. The summed E-state index contributed by atoms with van der Waals surface area (Å²) in [5, 5.41) is 0. The second-order valence-electron chi connectivity index (χ2n) is 1.22. The molecule has 0 spiro atoms. The number of carbonyl (C=O) groups is 1. The number of halogens is 3. The van der Waals surface area contributed by atoms with Gasteiger partial charge in [-0.25, -0.2) is 9.18 Å². The van der Waals surface area contributed by atoms with Gasteiger partial charge in [-0.2, -0.15) is 0 Å². The Balaban J connectivity index is 3.74. The fourth-order valence-corrected chi connectivity index (χ4v) is 0.442. The maximum Gasteiger partial charge on any atom is 0.366 e. The number of carbonyl (C=O) groups excluding carboxylic acids is 1. The van der Waals surface area contributed by atoms with Gasteiger partial charge in [-0.15, -0.1) is 0 Å². The molecular weight excluding hydrogens is 259 g/mol. The van der Waals surface area contributed by atoms with Gasteiger partial charge in [0, 0.05) is 0 Å². The molecule has 0 aliphatic heterocycles. The Morgan fingerprint density at radius 3 is 2.33 bits per heavy atom. The van der Waals surface area contributed by atoms with Gasteiger partial charge in [0.1, 0.15) is 0 Å². The molecule has 0 saturated heterocycles. The van der Waals surface area contributed by atoms with Crippen LogP contribution >= 0.6 is 31.9 Å². The van der Waals surface area contributed by atoms with E-state index in [2.05, 4.69) is 36.6 Å². The minimum absolute atomic E-state index is 0.168. The van der Waals surface area contributed by atoms with Gasteiger partial charge in [0.15, 0.2) is 0 Å². The van der Waals surface area contributed by atoms with Crippen LogP contribution in [0, 0.1) is 0 Å². The Morgan fingerprint density at radius 2 is 2.22 bits per heavy atom. The van der Waals surface area contributed by atoms with Crippen LogP contribution in [0.15, 0.2) is 0 Å². The van der Waals surface area contributed by atoms with Crippen LogP contribution in [-0.4, -0.2) is 16.1 Å². The zero-order valence-electron chi connectivity index (χ0n) is 4.66. The highest BCUT2D eigenvalue weighted by atomic mass is 79.9. The second-order valence-corrected chi connectivity index (χ2v) is 4.47. The third kappa shape index (κ3) is 3.86. The maximum atomic E-state index is 12.3. The molecule has 0 aromatic heterocycles. The Labute approximate surface area is 69.0 Å². The SMILES string of the molecule is CCOC(=O)C(F)(Br)Br. The number of ether oxygens (including phenoxy) is 1. The molecule has 5 heteroatoms. The summed E-state index contributed by atoms with van der Waals surface area (Å²) >= 11 is 4.84. The quantitative estimate of drug-likeness (QED) is 0.563. The Morgan fingerprint density at radius 1 is 1.78 bits per heavy atom. The Hall–Kier alpha value is 0.360. The van der Waals surface area contributed by atoms with Crippen molar-refractivity contribution in [2.75, 3.05) is 6.61 Å². The zero-order chi connectivity index (χ0) is 7.49. The van der Waals surface area contributed by atoms with Crippen molar-refractivity contribution in [2.24, 2.45) is 0 Å². The smallest absolute Gasteiger partial charge is 0.366 e. The van der Waals surface area contributed by atoms with Gasteiger partial charge < -0.3 is 4.74 Å². The topological polar surface area (TPSA) is 26.3 Å². The van der Waals surface area contributed by atoms with Gasteiger partial charge in [0.05, 0.1) is 6.61 Å². The van der Waals surface area contributed by atoms with E-state index < -0.39 is 9.46 Å². The summed E-state index contributed by atoms with van der Waals surface area (Å²) in [6, 6.07) is 0. The van der Waals surface area contributed by atoms with E-state index in [0.717, 1.165) is 0 Å². The third-order valence-electron chi connectivity index (χ3n) is 0.507. The minimum atomic E-state index is -2.23. The first-order valence-electron chi connectivity index (χ1n) is 2.22. The van der Waals surface area contributed by atoms with Crippen molar-refractivity contribution in [3.05, 3.63) is 0 Å². The lowest BCUT2D eigenvalue weighted by atomic mass is 10.7. The second kappa shape index (κ2) is 3.51. The Kier molecular flexibility index (Phi) is 3.65. The molecule has 54 valence electrons. The molecule has 2 nitrogen and oxygen atoms in total. The van der Waals surface area contributed by atoms with Gasteiger partial charge >= 0.3 is 9.46 Å². The van der Waals surface area contributed by atoms with Crippen LogP contribution in [0.25, 0.3) is 0 Å². The van der Waals surface area contributed by atoms with Crippen molar-refractivity contribution < 1.29 is 13.9 Å². The van der Waals surface area contributed by atoms with E-state index in [1.807, 2.05) is 0 Å². The lowest BCUT2D eigenvalue weighted by Crippen LogP contribution is -2.21. The van der Waals surface area contributed by atoms with Gasteiger partial charge in [0.2, 0.25) is 0 Å². The predicted octanol–water partition coefficient (Wildman–Crippen LogP) is 1.96.